The van der Waals surface area contributed by atoms with Crippen molar-refractivity contribution in [2.45, 2.75) is 65.1 Å². The van der Waals surface area contributed by atoms with Crippen molar-refractivity contribution in [3.8, 4) is 0 Å². The number of Topliss-reactive ketones (excluding diaryl/α,β-unsaturated/α-hetero) is 1. The minimum atomic E-state index is -0.677. The van der Waals surface area contributed by atoms with Crippen LogP contribution in [0.15, 0.2) is 36.4 Å². The smallest absolute Gasteiger partial charge is 0.410 e. The number of amides is 2. The van der Waals surface area contributed by atoms with Crippen molar-refractivity contribution < 1.29 is 23.9 Å². The number of carbonyl (C=O) groups is 3. The Bertz CT molecular complexity index is 889. The summed E-state index contributed by atoms with van der Waals surface area (Å²) >= 11 is 0. The molecule has 0 N–H and O–H groups in total. The normalized spacial score (nSPS) is 19.8. The number of ether oxygens (including phenoxy) is 2. The van der Waals surface area contributed by atoms with E-state index in [2.05, 4.69) is 0 Å². The summed E-state index contributed by atoms with van der Waals surface area (Å²) in [6.45, 7) is 9.26. The second-order valence-electron chi connectivity index (χ2n) is 9.71. The van der Waals surface area contributed by atoms with Crippen molar-refractivity contribution in [2.24, 2.45) is 5.92 Å². The van der Waals surface area contributed by atoms with Crippen molar-refractivity contribution in [3.63, 3.8) is 0 Å². The summed E-state index contributed by atoms with van der Waals surface area (Å²) in [5.74, 6) is -0.185. The average molecular weight is 457 g/mol. The molecule has 2 aliphatic rings. The number of allylic oxidation sites excluding steroid dienone is 1. The molecule has 33 heavy (non-hydrogen) atoms. The largest absolute Gasteiger partial charge is 0.444 e. The Morgan fingerprint density at radius 3 is 2.70 bits per heavy atom. The van der Waals surface area contributed by atoms with Crippen LogP contribution in [0.2, 0.25) is 0 Å². The van der Waals surface area contributed by atoms with Gasteiger partial charge >= 0.3 is 6.09 Å². The molecule has 1 aromatic carbocycles. The molecule has 2 amide bonds. The van der Waals surface area contributed by atoms with E-state index < -0.39 is 17.8 Å². The van der Waals surface area contributed by atoms with Gasteiger partial charge in [-0.05, 0) is 63.7 Å². The number of rotatable bonds is 6. The van der Waals surface area contributed by atoms with E-state index in [9.17, 15) is 14.4 Å². The summed E-state index contributed by atoms with van der Waals surface area (Å²) in [6.07, 6.45) is 4.84. The van der Waals surface area contributed by atoms with E-state index in [1.807, 2.05) is 58.0 Å². The molecule has 7 heteroatoms. The fourth-order valence-corrected chi connectivity index (χ4v) is 4.13. The van der Waals surface area contributed by atoms with Crippen LogP contribution in [0.1, 0.15) is 52.5 Å². The number of para-hydroxylation sites is 1. The number of anilines is 1. The number of carbonyl (C=O) groups excluding carboxylic acids is 3. The number of hydrogen-bond acceptors (Lipinski definition) is 5. The third kappa shape index (κ3) is 6.90. The lowest BCUT2D eigenvalue weighted by atomic mass is 9.96. The van der Waals surface area contributed by atoms with Crippen molar-refractivity contribution in [1.82, 2.24) is 4.90 Å². The van der Waals surface area contributed by atoms with Gasteiger partial charge in [0, 0.05) is 31.8 Å². The van der Waals surface area contributed by atoms with E-state index in [-0.39, 0.29) is 30.6 Å². The third-order valence-corrected chi connectivity index (χ3v) is 5.94. The van der Waals surface area contributed by atoms with Gasteiger partial charge in [0.25, 0.3) is 5.91 Å². The summed E-state index contributed by atoms with van der Waals surface area (Å²) < 4.78 is 11.2. The van der Waals surface area contributed by atoms with E-state index in [0.29, 0.717) is 26.1 Å². The fraction of sp³-hybridized carbons (Fsp3) is 0.577. The van der Waals surface area contributed by atoms with Crippen LogP contribution in [0, 0.1) is 5.92 Å². The molecule has 0 radical (unpaired) electrons. The van der Waals surface area contributed by atoms with Crippen LogP contribution in [0.4, 0.5) is 10.5 Å². The van der Waals surface area contributed by atoms with Gasteiger partial charge in [-0.1, -0.05) is 31.2 Å². The number of fused-ring (bicyclic) bond motifs is 1. The van der Waals surface area contributed by atoms with Crippen LogP contribution >= 0.6 is 0 Å². The van der Waals surface area contributed by atoms with Crippen LogP contribution < -0.4 is 4.90 Å². The van der Waals surface area contributed by atoms with Gasteiger partial charge in [-0.2, -0.15) is 0 Å². The number of nitrogens with zero attached hydrogens (tertiary/aromatic N) is 2. The first-order valence-corrected chi connectivity index (χ1v) is 11.9. The lowest BCUT2D eigenvalue weighted by molar-refractivity contribution is -0.131. The Morgan fingerprint density at radius 1 is 1.21 bits per heavy atom. The van der Waals surface area contributed by atoms with E-state index >= 15 is 0 Å². The topological polar surface area (TPSA) is 76.2 Å². The molecule has 0 aliphatic carbocycles. The molecule has 180 valence electrons. The summed E-state index contributed by atoms with van der Waals surface area (Å²) in [5, 5.41) is 0. The monoisotopic (exact) mass is 456 g/mol. The minimum absolute atomic E-state index is 0.0547. The fourth-order valence-electron chi connectivity index (χ4n) is 4.13. The van der Waals surface area contributed by atoms with Crippen molar-refractivity contribution in [1.29, 1.82) is 0 Å². The maximum Gasteiger partial charge on any atom is 0.410 e. The van der Waals surface area contributed by atoms with Gasteiger partial charge in [0.05, 0.1) is 6.54 Å². The minimum Gasteiger partial charge on any atom is -0.444 e. The molecule has 1 saturated heterocycles. The Labute approximate surface area is 196 Å². The molecule has 1 fully saturated rings. The van der Waals surface area contributed by atoms with Crippen LogP contribution in [0.25, 0.3) is 0 Å². The molecular formula is C26H36N2O5. The van der Waals surface area contributed by atoms with E-state index in [1.165, 1.54) is 5.56 Å². The van der Waals surface area contributed by atoms with Gasteiger partial charge in [-0.3, -0.25) is 9.59 Å². The standard InChI is InChI=1S/C26H36N2O5/c1-5-19(11-12-24(30)28-15-13-20-9-6-7-10-21(20)28)17-22(29)23-18-27(14-8-16-32-23)25(31)33-26(2,3)4/h6-7,9-12,19,23H,5,8,13-18H2,1-4H3/b12-11+/t19-,23-/m0/s1. The van der Waals surface area contributed by atoms with Crippen molar-refractivity contribution in [2.75, 3.05) is 31.1 Å². The molecule has 3 rings (SSSR count). The number of ketones is 1. The first-order valence-electron chi connectivity index (χ1n) is 11.9. The molecular weight excluding hydrogens is 420 g/mol. The molecule has 0 aromatic heterocycles. The molecule has 0 bridgehead atoms. The number of hydrogen-bond donors (Lipinski definition) is 0. The maximum absolute atomic E-state index is 13.0. The molecule has 0 unspecified atom stereocenters. The van der Waals surface area contributed by atoms with Gasteiger partial charge in [0.1, 0.15) is 11.7 Å². The highest BCUT2D eigenvalue weighted by Gasteiger charge is 2.31. The maximum atomic E-state index is 13.0. The Balaban J connectivity index is 1.58. The second kappa shape index (κ2) is 11.0. The predicted molar refractivity (Wildman–Crippen MR) is 127 cm³/mol. The SMILES string of the molecule is CC[C@@H](/C=C/C(=O)N1CCc2ccccc21)CC(=O)[C@@H]1CN(C(=O)OC(C)(C)C)CCCO1. The summed E-state index contributed by atoms with van der Waals surface area (Å²) in [4.78, 5) is 41.6. The molecule has 1 aromatic rings. The zero-order valence-corrected chi connectivity index (χ0v) is 20.2. The highest BCUT2D eigenvalue weighted by Crippen LogP contribution is 2.27. The van der Waals surface area contributed by atoms with Gasteiger partial charge < -0.3 is 19.3 Å². The van der Waals surface area contributed by atoms with Gasteiger partial charge in [0.15, 0.2) is 5.78 Å². The molecule has 0 saturated carbocycles. The Kier molecular flexibility index (Phi) is 8.30. The van der Waals surface area contributed by atoms with Crippen LogP contribution in [0.5, 0.6) is 0 Å². The predicted octanol–water partition coefficient (Wildman–Crippen LogP) is 4.14. The third-order valence-electron chi connectivity index (χ3n) is 5.94. The molecule has 2 aliphatic heterocycles. The zero-order valence-electron chi connectivity index (χ0n) is 20.2. The molecule has 2 atom stereocenters. The van der Waals surface area contributed by atoms with Crippen LogP contribution in [-0.4, -0.2) is 60.6 Å². The van der Waals surface area contributed by atoms with Gasteiger partial charge in [0.2, 0.25) is 0 Å². The lowest BCUT2D eigenvalue weighted by Gasteiger charge is -2.27. The summed E-state index contributed by atoms with van der Waals surface area (Å²) in [7, 11) is 0. The van der Waals surface area contributed by atoms with Crippen molar-refractivity contribution >= 4 is 23.5 Å². The van der Waals surface area contributed by atoms with Crippen LogP contribution in [0.3, 0.4) is 0 Å². The van der Waals surface area contributed by atoms with E-state index in [0.717, 1.165) is 18.5 Å². The second-order valence-corrected chi connectivity index (χ2v) is 9.71. The Hall–Kier alpha value is -2.67. The highest BCUT2D eigenvalue weighted by molar-refractivity contribution is 6.02. The lowest BCUT2D eigenvalue weighted by Crippen LogP contribution is -2.43. The van der Waals surface area contributed by atoms with E-state index in [1.54, 1.807) is 15.9 Å². The summed E-state index contributed by atoms with van der Waals surface area (Å²) in [5.41, 5.74) is 1.55. The van der Waals surface area contributed by atoms with Gasteiger partial charge in [-0.15, -0.1) is 0 Å². The van der Waals surface area contributed by atoms with Crippen LogP contribution in [-0.2, 0) is 25.5 Å². The molecule has 0 spiro atoms. The average Bonchev–Trinajstić information content (AvgIpc) is 3.03. The first kappa shape index (κ1) is 25.0. The zero-order chi connectivity index (χ0) is 24.0. The first-order chi connectivity index (χ1) is 15.7. The quantitative estimate of drug-likeness (QED) is 0.601. The number of benzene rings is 1. The van der Waals surface area contributed by atoms with E-state index in [4.69, 9.17) is 9.47 Å². The highest BCUT2D eigenvalue weighted by atomic mass is 16.6. The summed E-state index contributed by atoms with van der Waals surface area (Å²) in [6, 6.07) is 7.94. The molecule has 2 heterocycles. The van der Waals surface area contributed by atoms with Crippen molar-refractivity contribution in [3.05, 3.63) is 42.0 Å². The van der Waals surface area contributed by atoms with Gasteiger partial charge in [-0.25, -0.2) is 4.79 Å². The Morgan fingerprint density at radius 2 is 1.97 bits per heavy atom. The molecule has 7 nitrogen and oxygen atoms in total.